The molecule has 4 aliphatic rings. The number of hydrazine groups is 1. The van der Waals surface area contributed by atoms with Gasteiger partial charge in [-0.05, 0) is 74.2 Å². The molecular weight excluding hydrogens is 647 g/mol. The summed E-state index contributed by atoms with van der Waals surface area (Å²) in [6.07, 6.45) is 0. The summed E-state index contributed by atoms with van der Waals surface area (Å²) in [6, 6.07) is 22.6. The highest BCUT2D eigenvalue weighted by molar-refractivity contribution is 6.33. The predicted octanol–water partition coefficient (Wildman–Crippen LogP) is 6.67. The summed E-state index contributed by atoms with van der Waals surface area (Å²) in [6.45, 7) is 7.67. The maximum atomic E-state index is 14.6. The minimum atomic E-state index is -0.955. The van der Waals surface area contributed by atoms with E-state index < -0.39 is 47.8 Å². The molecule has 0 bridgehead atoms. The molecule has 4 heterocycles. The Morgan fingerprint density at radius 1 is 0.458 bits per heavy atom. The molecule has 242 valence electrons. The minimum absolute atomic E-state index is 0.372. The molecule has 4 fully saturated rings. The number of aryl methyl sites for hydroxylation is 4. The van der Waals surface area contributed by atoms with E-state index in [1.54, 1.807) is 36.4 Å². The normalized spacial score (nSPS) is 26.9. The molecule has 4 amide bonds. The van der Waals surface area contributed by atoms with E-state index in [1.165, 1.54) is 9.80 Å². The Bertz CT molecular complexity index is 1900. The van der Waals surface area contributed by atoms with E-state index in [0.29, 0.717) is 21.4 Å². The fourth-order valence-electron chi connectivity index (χ4n) is 7.98. The Hall–Kier alpha value is -4.34. The first-order chi connectivity index (χ1) is 23.0. The van der Waals surface area contributed by atoms with Gasteiger partial charge < -0.3 is 0 Å². The SMILES string of the molecule is Cc1ccc(C2C3C(=O)N(c4ccc(C)c(Cl)c4)C(=O)C3N3C(c4ccc(C)cc4)C4C(=O)N(c5ccc(C)c(Cl)c5)C(=O)C4N23)cc1. The van der Waals surface area contributed by atoms with Gasteiger partial charge in [0.2, 0.25) is 11.8 Å². The summed E-state index contributed by atoms with van der Waals surface area (Å²) in [5, 5.41) is 4.64. The molecule has 4 aromatic rings. The third kappa shape index (κ3) is 4.36. The number of anilines is 2. The van der Waals surface area contributed by atoms with Crippen LogP contribution in [0.2, 0.25) is 10.0 Å². The summed E-state index contributed by atoms with van der Waals surface area (Å²) in [7, 11) is 0. The zero-order valence-corrected chi connectivity index (χ0v) is 28.2. The second kappa shape index (κ2) is 11.1. The molecule has 0 aliphatic carbocycles. The Morgan fingerprint density at radius 2 is 0.812 bits per heavy atom. The first-order valence-electron chi connectivity index (χ1n) is 16.0. The third-order valence-corrected chi connectivity index (χ3v) is 11.2. The number of benzene rings is 4. The number of hydrogen-bond acceptors (Lipinski definition) is 6. The molecule has 0 saturated carbocycles. The van der Waals surface area contributed by atoms with Crippen LogP contribution in [0.5, 0.6) is 0 Å². The summed E-state index contributed by atoms with van der Waals surface area (Å²) in [4.78, 5) is 60.9. The van der Waals surface area contributed by atoms with Crippen LogP contribution in [0, 0.1) is 39.5 Å². The fourth-order valence-corrected chi connectivity index (χ4v) is 8.33. The van der Waals surface area contributed by atoms with Gasteiger partial charge in [0.05, 0.1) is 35.3 Å². The van der Waals surface area contributed by atoms with Gasteiger partial charge in [0.1, 0.15) is 12.1 Å². The van der Waals surface area contributed by atoms with Crippen LogP contribution in [0.15, 0.2) is 84.9 Å². The third-order valence-electron chi connectivity index (χ3n) is 10.4. The minimum Gasteiger partial charge on any atom is -0.274 e. The summed E-state index contributed by atoms with van der Waals surface area (Å²) in [5.74, 6) is -3.27. The highest BCUT2D eigenvalue weighted by Gasteiger charge is 2.73. The zero-order chi connectivity index (χ0) is 33.8. The number of nitrogens with zero attached hydrogens (tertiary/aromatic N) is 4. The molecule has 0 N–H and O–H groups in total. The lowest BCUT2D eigenvalue weighted by Gasteiger charge is -2.36. The quantitative estimate of drug-likeness (QED) is 0.224. The standard InChI is InChI=1S/C38H32Cl2N4O4/c1-19-5-11-23(12-6-19)31-29-33(37(47)41(35(29)45)25-15-9-21(3)27(39)17-25)44-32(24-13-7-20(2)8-14-24)30-34(43(31)44)38(48)42(36(30)46)26-16-10-22(4)28(40)18-26/h5-18,29-34H,1-4H3. The van der Waals surface area contributed by atoms with Crippen molar-refractivity contribution in [2.24, 2.45) is 11.8 Å². The molecule has 10 heteroatoms. The molecule has 0 radical (unpaired) electrons. The summed E-state index contributed by atoms with van der Waals surface area (Å²) < 4.78 is 0. The zero-order valence-electron chi connectivity index (χ0n) is 26.7. The van der Waals surface area contributed by atoms with Crippen molar-refractivity contribution in [2.75, 3.05) is 9.80 Å². The van der Waals surface area contributed by atoms with E-state index in [4.69, 9.17) is 23.2 Å². The number of imide groups is 2. The van der Waals surface area contributed by atoms with Crippen LogP contribution in [-0.4, -0.2) is 45.7 Å². The molecule has 8 nitrogen and oxygen atoms in total. The molecule has 6 atom stereocenters. The van der Waals surface area contributed by atoms with Crippen LogP contribution in [0.1, 0.15) is 45.5 Å². The largest absolute Gasteiger partial charge is 0.274 e. The van der Waals surface area contributed by atoms with E-state index in [2.05, 4.69) is 0 Å². The number of hydrogen-bond donors (Lipinski definition) is 0. The molecule has 4 aliphatic heterocycles. The van der Waals surface area contributed by atoms with Crippen LogP contribution in [-0.2, 0) is 19.2 Å². The summed E-state index contributed by atoms with van der Waals surface area (Å²) in [5.41, 5.74) is 6.06. The molecule has 4 aromatic carbocycles. The molecular formula is C38H32Cl2N4O4. The smallest absolute Gasteiger partial charge is 0.253 e. The average Bonchev–Trinajstić information content (AvgIpc) is 3.72. The maximum Gasteiger partial charge on any atom is 0.253 e. The Morgan fingerprint density at radius 3 is 1.15 bits per heavy atom. The van der Waals surface area contributed by atoms with Gasteiger partial charge >= 0.3 is 0 Å². The van der Waals surface area contributed by atoms with E-state index >= 15 is 0 Å². The second-order valence-electron chi connectivity index (χ2n) is 13.3. The average molecular weight is 680 g/mol. The lowest BCUT2D eigenvalue weighted by atomic mass is 9.84. The lowest BCUT2D eigenvalue weighted by molar-refractivity contribution is -0.136. The van der Waals surface area contributed by atoms with Gasteiger partial charge in [-0.1, -0.05) is 95.0 Å². The van der Waals surface area contributed by atoms with Crippen LogP contribution < -0.4 is 9.80 Å². The molecule has 8 rings (SSSR count). The predicted molar refractivity (Wildman–Crippen MR) is 183 cm³/mol. The van der Waals surface area contributed by atoms with Crippen LogP contribution >= 0.6 is 23.2 Å². The molecule has 0 aromatic heterocycles. The van der Waals surface area contributed by atoms with Crippen LogP contribution in [0.25, 0.3) is 0 Å². The van der Waals surface area contributed by atoms with Crippen molar-refractivity contribution in [1.82, 2.24) is 10.0 Å². The van der Waals surface area contributed by atoms with Gasteiger partial charge in [0.25, 0.3) is 11.8 Å². The molecule has 0 spiro atoms. The first-order valence-corrected chi connectivity index (χ1v) is 16.7. The van der Waals surface area contributed by atoms with Gasteiger partial charge in [-0.3, -0.25) is 19.2 Å². The van der Waals surface area contributed by atoms with Gasteiger partial charge in [-0.25, -0.2) is 19.8 Å². The molecule has 6 unspecified atom stereocenters. The number of rotatable bonds is 4. The second-order valence-corrected chi connectivity index (χ2v) is 14.1. The van der Waals surface area contributed by atoms with Crippen LogP contribution in [0.3, 0.4) is 0 Å². The number of fused-ring (bicyclic) bond motifs is 5. The molecule has 48 heavy (non-hydrogen) atoms. The molecule has 4 saturated heterocycles. The Labute approximate surface area is 288 Å². The van der Waals surface area contributed by atoms with Gasteiger partial charge in [-0.2, -0.15) is 0 Å². The van der Waals surface area contributed by atoms with Crippen molar-refractivity contribution in [3.8, 4) is 0 Å². The van der Waals surface area contributed by atoms with Gasteiger partial charge in [-0.15, -0.1) is 0 Å². The summed E-state index contributed by atoms with van der Waals surface area (Å²) >= 11 is 13.0. The monoisotopic (exact) mass is 678 g/mol. The van der Waals surface area contributed by atoms with Crippen molar-refractivity contribution in [3.63, 3.8) is 0 Å². The maximum absolute atomic E-state index is 14.6. The Kier molecular flexibility index (Phi) is 7.16. The van der Waals surface area contributed by atoms with Crippen molar-refractivity contribution in [1.29, 1.82) is 0 Å². The van der Waals surface area contributed by atoms with Gasteiger partial charge in [0, 0.05) is 10.0 Å². The number of amides is 4. The van der Waals surface area contributed by atoms with Crippen molar-refractivity contribution >= 4 is 58.2 Å². The van der Waals surface area contributed by atoms with E-state index in [0.717, 1.165) is 33.4 Å². The van der Waals surface area contributed by atoms with Crippen molar-refractivity contribution < 1.29 is 19.2 Å². The van der Waals surface area contributed by atoms with Crippen molar-refractivity contribution in [3.05, 3.63) is 128 Å². The number of halogens is 2. The van der Waals surface area contributed by atoms with E-state index in [9.17, 15) is 19.2 Å². The van der Waals surface area contributed by atoms with E-state index in [-0.39, 0.29) is 11.8 Å². The number of carbonyl (C=O) groups is 4. The highest BCUT2D eigenvalue weighted by atomic mass is 35.5. The van der Waals surface area contributed by atoms with Gasteiger partial charge in [0.15, 0.2) is 0 Å². The highest BCUT2D eigenvalue weighted by Crippen LogP contribution is 2.60. The number of carbonyl (C=O) groups excluding carboxylic acids is 4. The fraction of sp³-hybridized carbons (Fsp3) is 0.263. The lowest BCUT2D eigenvalue weighted by Crippen LogP contribution is -2.50. The van der Waals surface area contributed by atoms with Crippen molar-refractivity contribution in [2.45, 2.75) is 51.9 Å². The topological polar surface area (TPSA) is 81.2 Å². The first kappa shape index (κ1) is 31.0. The Balaban J connectivity index is 1.33. The van der Waals surface area contributed by atoms with E-state index in [1.807, 2.05) is 86.2 Å². The van der Waals surface area contributed by atoms with Crippen LogP contribution in [0.4, 0.5) is 11.4 Å².